The molecule has 0 aliphatic rings. The van der Waals surface area contributed by atoms with Gasteiger partial charge in [0.05, 0.1) is 6.61 Å². The average Bonchev–Trinajstić information content (AvgIpc) is 2.28. The van der Waals surface area contributed by atoms with Gasteiger partial charge in [-0.2, -0.15) is 0 Å². The van der Waals surface area contributed by atoms with E-state index in [1.165, 1.54) is 13.8 Å². The van der Waals surface area contributed by atoms with Crippen LogP contribution < -0.4 is 0 Å². The van der Waals surface area contributed by atoms with E-state index in [0.29, 0.717) is 12.8 Å². The Kier molecular flexibility index (Phi) is 8.32. The van der Waals surface area contributed by atoms with Crippen LogP contribution in [0.15, 0.2) is 0 Å². The van der Waals surface area contributed by atoms with Gasteiger partial charge in [0.2, 0.25) is 0 Å². The first-order valence-electron chi connectivity index (χ1n) is 6.11. The number of aliphatic hydroxyl groups excluding tert-OH is 2. The molecule has 106 valence electrons. The SMILES string of the molecule is CCCC(CCOC(=O)C(C)O)OC(=O)C(C)O. The largest absolute Gasteiger partial charge is 0.464 e. The molecule has 0 aromatic carbocycles. The number of carbonyl (C=O) groups is 2. The monoisotopic (exact) mass is 262 g/mol. The normalized spacial score (nSPS) is 15.6. The second kappa shape index (κ2) is 8.88. The van der Waals surface area contributed by atoms with Crippen molar-refractivity contribution >= 4 is 11.9 Å². The van der Waals surface area contributed by atoms with E-state index in [2.05, 4.69) is 0 Å². The number of esters is 2. The second-order valence-corrected chi connectivity index (χ2v) is 4.16. The van der Waals surface area contributed by atoms with E-state index < -0.39 is 24.1 Å². The Balaban J connectivity index is 4.04. The Morgan fingerprint density at radius 3 is 2.06 bits per heavy atom. The summed E-state index contributed by atoms with van der Waals surface area (Å²) in [7, 11) is 0. The topological polar surface area (TPSA) is 93.1 Å². The minimum Gasteiger partial charge on any atom is -0.464 e. The average molecular weight is 262 g/mol. The Morgan fingerprint density at radius 1 is 1.06 bits per heavy atom. The highest BCUT2D eigenvalue weighted by molar-refractivity contribution is 5.74. The number of ether oxygens (including phenoxy) is 2. The van der Waals surface area contributed by atoms with Gasteiger partial charge in [-0.15, -0.1) is 0 Å². The van der Waals surface area contributed by atoms with Crippen molar-refractivity contribution in [3.05, 3.63) is 0 Å². The summed E-state index contributed by atoms with van der Waals surface area (Å²) < 4.78 is 9.83. The molecule has 18 heavy (non-hydrogen) atoms. The summed E-state index contributed by atoms with van der Waals surface area (Å²) in [5.74, 6) is -1.39. The zero-order valence-corrected chi connectivity index (χ0v) is 11.1. The molecule has 0 saturated carbocycles. The van der Waals surface area contributed by atoms with Crippen molar-refractivity contribution < 1.29 is 29.3 Å². The van der Waals surface area contributed by atoms with Gasteiger partial charge in [0.15, 0.2) is 0 Å². The lowest BCUT2D eigenvalue weighted by Gasteiger charge is -2.18. The first kappa shape index (κ1) is 16.9. The Hall–Kier alpha value is -1.14. The van der Waals surface area contributed by atoms with Crippen LogP contribution in [0.1, 0.15) is 40.0 Å². The van der Waals surface area contributed by atoms with Crippen molar-refractivity contribution in [2.24, 2.45) is 0 Å². The Morgan fingerprint density at radius 2 is 1.61 bits per heavy atom. The minimum absolute atomic E-state index is 0.0709. The molecule has 0 bridgehead atoms. The van der Waals surface area contributed by atoms with Crippen molar-refractivity contribution in [1.82, 2.24) is 0 Å². The van der Waals surface area contributed by atoms with Crippen LogP contribution in [-0.2, 0) is 19.1 Å². The molecule has 0 aromatic rings. The molecular weight excluding hydrogens is 240 g/mol. The molecule has 2 N–H and O–H groups in total. The van der Waals surface area contributed by atoms with E-state index >= 15 is 0 Å². The molecule has 0 aliphatic carbocycles. The molecule has 0 aromatic heterocycles. The maximum Gasteiger partial charge on any atom is 0.334 e. The lowest BCUT2D eigenvalue weighted by Crippen LogP contribution is -2.28. The first-order valence-corrected chi connectivity index (χ1v) is 6.11. The predicted molar refractivity (Wildman–Crippen MR) is 63.7 cm³/mol. The van der Waals surface area contributed by atoms with Gasteiger partial charge in [-0.1, -0.05) is 13.3 Å². The van der Waals surface area contributed by atoms with E-state index in [1.54, 1.807) is 0 Å². The lowest BCUT2D eigenvalue weighted by molar-refractivity contribution is -0.161. The fraction of sp³-hybridized carbons (Fsp3) is 0.833. The van der Waals surface area contributed by atoms with Gasteiger partial charge in [0, 0.05) is 6.42 Å². The van der Waals surface area contributed by atoms with Gasteiger partial charge in [-0.05, 0) is 20.3 Å². The van der Waals surface area contributed by atoms with Crippen LogP contribution in [-0.4, -0.2) is 47.1 Å². The van der Waals surface area contributed by atoms with E-state index in [1.807, 2.05) is 6.92 Å². The maximum absolute atomic E-state index is 11.2. The molecule has 0 saturated heterocycles. The van der Waals surface area contributed by atoms with E-state index in [0.717, 1.165) is 6.42 Å². The Bertz CT molecular complexity index is 261. The van der Waals surface area contributed by atoms with Crippen molar-refractivity contribution in [1.29, 1.82) is 0 Å². The Labute approximate surface area is 107 Å². The first-order chi connectivity index (χ1) is 8.38. The third-order valence-electron chi connectivity index (χ3n) is 2.26. The molecule has 0 spiro atoms. The third-order valence-corrected chi connectivity index (χ3v) is 2.26. The van der Waals surface area contributed by atoms with Crippen LogP contribution in [0, 0.1) is 0 Å². The molecule has 0 fully saturated rings. The molecule has 6 nitrogen and oxygen atoms in total. The quantitative estimate of drug-likeness (QED) is 0.615. The smallest absolute Gasteiger partial charge is 0.334 e. The summed E-state index contributed by atoms with van der Waals surface area (Å²) in [5.41, 5.74) is 0. The molecule has 3 atom stereocenters. The van der Waals surface area contributed by atoms with Gasteiger partial charge >= 0.3 is 11.9 Å². The molecular formula is C12H22O6. The molecule has 0 radical (unpaired) electrons. The van der Waals surface area contributed by atoms with Crippen LogP contribution >= 0.6 is 0 Å². The van der Waals surface area contributed by atoms with Gasteiger partial charge in [-0.25, -0.2) is 9.59 Å². The van der Waals surface area contributed by atoms with Crippen LogP contribution in [0.4, 0.5) is 0 Å². The van der Waals surface area contributed by atoms with Crippen molar-refractivity contribution in [3.63, 3.8) is 0 Å². The van der Waals surface area contributed by atoms with Gasteiger partial charge < -0.3 is 19.7 Å². The van der Waals surface area contributed by atoms with Crippen molar-refractivity contribution in [2.45, 2.75) is 58.3 Å². The van der Waals surface area contributed by atoms with Crippen molar-refractivity contribution in [2.75, 3.05) is 6.61 Å². The minimum atomic E-state index is -1.16. The number of hydrogen-bond donors (Lipinski definition) is 2. The molecule has 0 rings (SSSR count). The summed E-state index contributed by atoms with van der Waals surface area (Å²) in [6.45, 7) is 4.66. The highest BCUT2D eigenvalue weighted by Gasteiger charge is 2.18. The van der Waals surface area contributed by atoms with E-state index in [9.17, 15) is 9.59 Å². The summed E-state index contributed by atoms with van der Waals surface area (Å²) in [6, 6.07) is 0. The highest BCUT2D eigenvalue weighted by atomic mass is 16.6. The fourth-order valence-electron chi connectivity index (χ4n) is 1.26. The van der Waals surface area contributed by atoms with Crippen molar-refractivity contribution in [3.8, 4) is 0 Å². The fourth-order valence-corrected chi connectivity index (χ4v) is 1.26. The van der Waals surface area contributed by atoms with Gasteiger partial charge in [0.25, 0.3) is 0 Å². The second-order valence-electron chi connectivity index (χ2n) is 4.16. The summed E-state index contributed by atoms with van der Waals surface area (Å²) in [5, 5.41) is 17.9. The number of carbonyl (C=O) groups excluding carboxylic acids is 2. The number of aliphatic hydroxyl groups is 2. The molecule has 0 heterocycles. The maximum atomic E-state index is 11.2. The van der Waals surface area contributed by atoms with Gasteiger partial charge in [0.1, 0.15) is 18.3 Å². The van der Waals surface area contributed by atoms with Gasteiger partial charge in [-0.3, -0.25) is 0 Å². The number of hydrogen-bond acceptors (Lipinski definition) is 6. The molecule has 3 unspecified atom stereocenters. The van der Waals surface area contributed by atoms with E-state index in [-0.39, 0.29) is 12.7 Å². The summed E-state index contributed by atoms with van der Waals surface area (Å²) in [6.07, 6.45) is -0.921. The standard InChI is InChI=1S/C12H22O6/c1-4-5-10(18-12(16)9(3)14)6-7-17-11(15)8(2)13/h8-10,13-14H,4-7H2,1-3H3. The van der Waals surface area contributed by atoms with E-state index in [4.69, 9.17) is 19.7 Å². The molecule has 6 heteroatoms. The highest BCUT2D eigenvalue weighted by Crippen LogP contribution is 2.09. The van der Waals surface area contributed by atoms with Crippen LogP contribution in [0.3, 0.4) is 0 Å². The van der Waals surface area contributed by atoms with Crippen LogP contribution in [0.25, 0.3) is 0 Å². The molecule has 0 aliphatic heterocycles. The number of rotatable bonds is 8. The summed E-state index contributed by atoms with van der Waals surface area (Å²) >= 11 is 0. The summed E-state index contributed by atoms with van der Waals surface area (Å²) in [4.78, 5) is 22.2. The van der Waals surface area contributed by atoms with Crippen LogP contribution in [0.5, 0.6) is 0 Å². The zero-order chi connectivity index (χ0) is 14.1. The third kappa shape index (κ3) is 7.24. The molecule has 0 amide bonds. The predicted octanol–water partition coefficient (Wildman–Crippen LogP) is 0.393. The zero-order valence-electron chi connectivity index (χ0n) is 11.1. The lowest BCUT2D eigenvalue weighted by atomic mass is 10.1. The van der Waals surface area contributed by atoms with Crippen LogP contribution in [0.2, 0.25) is 0 Å².